The van der Waals surface area contributed by atoms with Crippen molar-refractivity contribution in [1.82, 2.24) is 10.3 Å². The molecule has 8 heteroatoms. The smallest absolute Gasteiger partial charge is 0.407 e. The summed E-state index contributed by atoms with van der Waals surface area (Å²) < 4.78 is 4.64. The Bertz CT molecular complexity index is 588. The number of pyridine rings is 1. The van der Waals surface area contributed by atoms with Crippen molar-refractivity contribution in [2.24, 2.45) is 11.7 Å². The van der Waals surface area contributed by atoms with Crippen molar-refractivity contribution < 1.29 is 14.3 Å². The number of nitrogens with zero attached hydrogens (tertiary/aromatic N) is 3. The van der Waals surface area contributed by atoms with Gasteiger partial charge >= 0.3 is 6.09 Å². The molecule has 0 spiro atoms. The highest BCUT2D eigenvalue weighted by Gasteiger charge is 2.20. The maximum atomic E-state index is 11.3. The lowest BCUT2D eigenvalue weighted by molar-refractivity contribution is -0.120. The number of nitriles is 1. The Balaban J connectivity index is 1.72. The molecule has 1 saturated heterocycles. The van der Waals surface area contributed by atoms with Gasteiger partial charge in [0.25, 0.3) is 5.91 Å². The van der Waals surface area contributed by atoms with Crippen molar-refractivity contribution in [3.05, 3.63) is 23.9 Å². The SMILES string of the molecule is N#Cc1ccc(N2CCC(CNC(=O)OCC(N)=O)CC2)nc1. The van der Waals surface area contributed by atoms with Crippen molar-refractivity contribution in [2.45, 2.75) is 12.8 Å². The van der Waals surface area contributed by atoms with E-state index >= 15 is 0 Å². The number of ether oxygens (including phenoxy) is 1. The van der Waals surface area contributed by atoms with Crippen molar-refractivity contribution >= 4 is 17.8 Å². The van der Waals surface area contributed by atoms with E-state index in [1.54, 1.807) is 12.3 Å². The average molecular weight is 317 g/mol. The van der Waals surface area contributed by atoms with E-state index in [0.29, 0.717) is 18.0 Å². The van der Waals surface area contributed by atoms with Gasteiger partial charge in [0.05, 0.1) is 5.56 Å². The van der Waals surface area contributed by atoms with Gasteiger partial charge in [-0.15, -0.1) is 0 Å². The summed E-state index contributed by atoms with van der Waals surface area (Å²) in [4.78, 5) is 28.3. The first-order valence-electron chi connectivity index (χ1n) is 7.38. The maximum Gasteiger partial charge on any atom is 0.407 e. The number of alkyl carbamates (subject to hydrolysis) is 1. The summed E-state index contributed by atoms with van der Waals surface area (Å²) in [5, 5.41) is 11.4. The number of aromatic nitrogens is 1. The third kappa shape index (κ3) is 5.14. The van der Waals surface area contributed by atoms with E-state index in [0.717, 1.165) is 31.7 Å². The molecule has 2 heterocycles. The van der Waals surface area contributed by atoms with E-state index in [2.05, 4.69) is 19.9 Å². The standard InChI is InChI=1S/C15H19N5O3/c16-7-12-1-2-14(18-9-12)20-5-3-11(4-6-20)8-19-15(22)23-10-13(17)21/h1-2,9,11H,3-6,8,10H2,(H2,17,21)(H,19,22). The predicted octanol–water partition coefficient (Wildman–Crippen LogP) is 0.381. The molecule has 0 bridgehead atoms. The molecule has 8 nitrogen and oxygen atoms in total. The molecule has 1 aromatic heterocycles. The summed E-state index contributed by atoms with van der Waals surface area (Å²) in [5.41, 5.74) is 5.44. The van der Waals surface area contributed by atoms with Gasteiger partial charge in [0, 0.05) is 25.8 Å². The predicted molar refractivity (Wildman–Crippen MR) is 82.4 cm³/mol. The Kier molecular flexibility index (Phi) is 5.74. The zero-order valence-corrected chi connectivity index (χ0v) is 12.7. The van der Waals surface area contributed by atoms with E-state index in [1.165, 1.54) is 0 Å². The number of carbonyl (C=O) groups excluding carboxylic acids is 2. The summed E-state index contributed by atoms with van der Waals surface area (Å²) in [6.07, 6.45) is 2.77. The number of carbonyl (C=O) groups is 2. The molecule has 1 aromatic rings. The van der Waals surface area contributed by atoms with Gasteiger partial charge in [0.2, 0.25) is 0 Å². The zero-order chi connectivity index (χ0) is 16.7. The number of rotatable bonds is 5. The Morgan fingerprint density at radius 1 is 1.43 bits per heavy atom. The van der Waals surface area contributed by atoms with Crippen molar-refractivity contribution in [3.63, 3.8) is 0 Å². The highest BCUT2D eigenvalue weighted by molar-refractivity contribution is 5.78. The number of amides is 2. The van der Waals surface area contributed by atoms with E-state index in [1.807, 2.05) is 12.1 Å². The molecule has 2 amide bonds. The Hall–Kier alpha value is -2.82. The topological polar surface area (TPSA) is 121 Å². The lowest BCUT2D eigenvalue weighted by atomic mass is 9.97. The van der Waals surface area contributed by atoms with E-state index < -0.39 is 18.6 Å². The number of nitrogens with one attached hydrogen (secondary N) is 1. The fourth-order valence-corrected chi connectivity index (χ4v) is 2.42. The third-order valence-corrected chi connectivity index (χ3v) is 3.70. The maximum absolute atomic E-state index is 11.3. The van der Waals surface area contributed by atoms with Gasteiger partial charge in [-0.05, 0) is 30.9 Å². The largest absolute Gasteiger partial charge is 0.439 e. The molecule has 23 heavy (non-hydrogen) atoms. The molecular weight excluding hydrogens is 298 g/mol. The second-order valence-corrected chi connectivity index (χ2v) is 5.37. The van der Waals surface area contributed by atoms with Crippen molar-refractivity contribution in [2.75, 3.05) is 31.1 Å². The first-order valence-corrected chi connectivity index (χ1v) is 7.38. The van der Waals surface area contributed by atoms with Crippen molar-refractivity contribution in [1.29, 1.82) is 5.26 Å². The first kappa shape index (κ1) is 16.5. The van der Waals surface area contributed by atoms with Gasteiger partial charge in [0.1, 0.15) is 11.9 Å². The van der Waals surface area contributed by atoms with Crippen LogP contribution in [-0.2, 0) is 9.53 Å². The number of hydrogen-bond acceptors (Lipinski definition) is 6. The first-order chi connectivity index (χ1) is 11.1. The summed E-state index contributed by atoms with van der Waals surface area (Å²) in [6.45, 7) is 1.77. The van der Waals surface area contributed by atoms with Crippen LogP contribution in [0.15, 0.2) is 18.3 Å². The monoisotopic (exact) mass is 317 g/mol. The summed E-state index contributed by atoms with van der Waals surface area (Å²) in [6, 6.07) is 5.65. The molecule has 0 aliphatic carbocycles. The Morgan fingerprint density at radius 2 is 2.17 bits per heavy atom. The van der Waals surface area contributed by atoms with Crippen LogP contribution in [0.3, 0.4) is 0 Å². The average Bonchev–Trinajstić information content (AvgIpc) is 2.58. The fraction of sp³-hybridized carbons (Fsp3) is 0.467. The van der Waals surface area contributed by atoms with Crippen LogP contribution in [0.25, 0.3) is 0 Å². The molecule has 0 aromatic carbocycles. The minimum Gasteiger partial charge on any atom is -0.439 e. The van der Waals surface area contributed by atoms with Crippen LogP contribution in [0.5, 0.6) is 0 Å². The van der Waals surface area contributed by atoms with Crippen molar-refractivity contribution in [3.8, 4) is 6.07 Å². The van der Waals surface area contributed by atoms with Gasteiger partial charge in [-0.1, -0.05) is 0 Å². The summed E-state index contributed by atoms with van der Waals surface area (Å²) >= 11 is 0. The summed E-state index contributed by atoms with van der Waals surface area (Å²) in [7, 11) is 0. The van der Waals surface area contributed by atoms with Crippen LogP contribution in [0.1, 0.15) is 18.4 Å². The molecule has 1 fully saturated rings. The summed E-state index contributed by atoms with van der Waals surface area (Å²) in [5.74, 6) is 0.533. The lowest BCUT2D eigenvalue weighted by Gasteiger charge is -2.32. The molecule has 122 valence electrons. The minimum absolute atomic E-state index is 0.353. The molecule has 2 rings (SSSR count). The van der Waals surface area contributed by atoms with Gasteiger partial charge in [0.15, 0.2) is 6.61 Å². The molecule has 3 N–H and O–H groups in total. The van der Waals surface area contributed by atoms with Crippen LogP contribution in [0.2, 0.25) is 0 Å². The highest BCUT2D eigenvalue weighted by Crippen LogP contribution is 2.21. The van der Waals surface area contributed by atoms with Crippen LogP contribution in [0.4, 0.5) is 10.6 Å². The van der Waals surface area contributed by atoms with Gasteiger partial charge in [-0.3, -0.25) is 4.79 Å². The van der Waals surface area contributed by atoms with Gasteiger partial charge in [-0.2, -0.15) is 5.26 Å². The molecule has 1 aliphatic heterocycles. The Labute approximate surface area is 134 Å². The van der Waals surface area contributed by atoms with Crippen LogP contribution >= 0.6 is 0 Å². The highest BCUT2D eigenvalue weighted by atomic mass is 16.6. The third-order valence-electron chi connectivity index (χ3n) is 3.70. The second kappa shape index (κ2) is 7.98. The van der Waals surface area contributed by atoms with Crippen LogP contribution < -0.4 is 16.0 Å². The molecule has 0 saturated carbocycles. The molecule has 0 radical (unpaired) electrons. The fourth-order valence-electron chi connectivity index (χ4n) is 2.42. The van der Waals surface area contributed by atoms with Crippen LogP contribution in [0, 0.1) is 17.2 Å². The number of anilines is 1. The quantitative estimate of drug-likeness (QED) is 0.809. The molecule has 0 unspecified atom stereocenters. The zero-order valence-electron chi connectivity index (χ0n) is 12.7. The normalized spacial score (nSPS) is 14.8. The number of piperidine rings is 1. The van der Waals surface area contributed by atoms with E-state index in [4.69, 9.17) is 11.0 Å². The number of hydrogen-bond donors (Lipinski definition) is 2. The molecule has 0 atom stereocenters. The van der Waals surface area contributed by atoms with E-state index in [-0.39, 0.29) is 0 Å². The Morgan fingerprint density at radius 3 is 2.74 bits per heavy atom. The van der Waals surface area contributed by atoms with Gasteiger partial charge < -0.3 is 20.7 Å². The lowest BCUT2D eigenvalue weighted by Crippen LogP contribution is -2.39. The second-order valence-electron chi connectivity index (χ2n) is 5.37. The van der Waals surface area contributed by atoms with E-state index in [9.17, 15) is 9.59 Å². The number of primary amides is 1. The van der Waals surface area contributed by atoms with Gasteiger partial charge in [-0.25, -0.2) is 9.78 Å². The molecular formula is C15H19N5O3. The molecule has 1 aliphatic rings. The number of nitrogens with two attached hydrogens (primary N) is 1. The van der Waals surface area contributed by atoms with Crippen LogP contribution in [-0.4, -0.2) is 43.2 Å². The minimum atomic E-state index is -0.677.